The number of benzene rings is 2. The Balaban J connectivity index is 1.35. The van der Waals surface area contributed by atoms with Crippen molar-refractivity contribution in [2.45, 2.75) is 38.8 Å². The van der Waals surface area contributed by atoms with E-state index in [1.165, 1.54) is 18.3 Å². The van der Waals surface area contributed by atoms with Gasteiger partial charge in [0.05, 0.1) is 22.9 Å². The fourth-order valence-electron chi connectivity index (χ4n) is 4.51. The van der Waals surface area contributed by atoms with Crippen LogP contribution in [0, 0.1) is 18.7 Å². The van der Waals surface area contributed by atoms with Crippen molar-refractivity contribution >= 4 is 34.6 Å². The third-order valence-electron chi connectivity index (χ3n) is 6.64. The summed E-state index contributed by atoms with van der Waals surface area (Å²) < 4.78 is 14.5. The predicted octanol–water partition coefficient (Wildman–Crippen LogP) is 4.41. The predicted molar refractivity (Wildman–Crippen MR) is 129 cm³/mol. The fraction of sp³-hybridized carbons (Fsp3) is 0.269. The number of nitrogens with one attached hydrogen (secondary N) is 3. The van der Waals surface area contributed by atoms with Gasteiger partial charge in [0.25, 0.3) is 0 Å². The van der Waals surface area contributed by atoms with Crippen molar-refractivity contribution in [3.8, 4) is 5.75 Å². The number of ketones is 1. The molecule has 5 rings (SSSR count). The molecule has 0 bridgehead atoms. The van der Waals surface area contributed by atoms with Gasteiger partial charge in [-0.25, -0.2) is 9.37 Å². The van der Waals surface area contributed by atoms with Gasteiger partial charge in [-0.05, 0) is 54.7 Å². The number of aliphatic carboxylic acids is 1. The average molecular weight is 477 g/mol. The molecule has 0 spiro atoms. The summed E-state index contributed by atoms with van der Waals surface area (Å²) in [6, 6.07) is 10.1. The second-order valence-corrected chi connectivity index (χ2v) is 9.13. The largest absolute Gasteiger partial charge is 0.508 e. The number of hydrogen-bond donors (Lipinski definition) is 5. The molecular formula is C26H25FN4O4. The Morgan fingerprint density at radius 1 is 1.20 bits per heavy atom. The SMILES string of the molecule is Cc1cc(F)c(Nc2ccnc3c2C(=O)Cc2cc(CNC4CC(C(=O)O)C4)ccc2N3)cc1O. The number of anilines is 4. The second-order valence-electron chi connectivity index (χ2n) is 9.13. The molecule has 0 saturated heterocycles. The summed E-state index contributed by atoms with van der Waals surface area (Å²) in [4.78, 5) is 28.6. The first kappa shape index (κ1) is 22.8. The van der Waals surface area contributed by atoms with Crippen LogP contribution in [-0.2, 0) is 17.8 Å². The molecule has 2 aromatic carbocycles. The molecular weight excluding hydrogens is 451 g/mol. The number of hydrogen-bond acceptors (Lipinski definition) is 7. The van der Waals surface area contributed by atoms with Crippen LogP contribution in [0.5, 0.6) is 5.75 Å². The van der Waals surface area contributed by atoms with E-state index in [2.05, 4.69) is 20.9 Å². The number of carbonyl (C=O) groups is 2. The first-order valence-corrected chi connectivity index (χ1v) is 11.4. The molecule has 3 aromatic rings. The Morgan fingerprint density at radius 3 is 2.77 bits per heavy atom. The number of carboxylic acids is 1. The highest BCUT2D eigenvalue weighted by Crippen LogP contribution is 2.36. The van der Waals surface area contributed by atoms with Gasteiger partial charge in [0.2, 0.25) is 0 Å². The summed E-state index contributed by atoms with van der Waals surface area (Å²) in [6.07, 6.45) is 2.90. The van der Waals surface area contributed by atoms with Crippen molar-refractivity contribution in [3.63, 3.8) is 0 Å². The Morgan fingerprint density at radius 2 is 2.00 bits per heavy atom. The van der Waals surface area contributed by atoms with Crippen molar-refractivity contribution in [2.24, 2.45) is 5.92 Å². The molecule has 0 amide bonds. The summed E-state index contributed by atoms with van der Waals surface area (Å²) in [5.41, 5.74) is 3.75. The lowest BCUT2D eigenvalue weighted by molar-refractivity contribution is -0.145. The first-order chi connectivity index (χ1) is 16.8. The van der Waals surface area contributed by atoms with Gasteiger partial charge in [-0.15, -0.1) is 0 Å². The van der Waals surface area contributed by atoms with Gasteiger partial charge in [0.1, 0.15) is 17.4 Å². The van der Waals surface area contributed by atoms with E-state index in [9.17, 15) is 19.1 Å². The van der Waals surface area contributed by atoms with Crippen molar-refractivity contribution in [3.05, 3.63) is 70.7 Å². The third kappa shape index (κ3) is 4.54. The van der Waals surface area contributed by atoms with E-state index in [1.807, 2.05) is 18.2 Å². The molecule has 1 saturated carbocycles. The number of carboxylic acid groups (broad SMARTS) is 1. The molecule has 1 aromatic heterocycles. The standard InChI is InChI=1S/C26H25FN4O4/c1-13-6-18(27)21(11-22(13)32)30-20-4-5-28-25-24(20)23(33)10-15-7-14(2-3-19(15)31-25)12-29-17-8-16(9-17)26(34)35/h2-7,11,16-17,29,32H,8-10,12H2,1H3,(H,34,35)(H2,28,30,31). The lowest BCUT2D eigenvalue weighted by Gasteiger charge is -2.33. The van der Waals surface area contributed by atoms with Gasteiger partial charge in [0, 0.05) is 37.0 Å². The molecule has 35 heavy (non-hydrogen) atoms. The number of pyridine rings is 1. The minimum Gasteiger partial charge on any atom is -0.508 e. The number of fused-ring (bicyclic) bond motifs is 2. The van der Waals surface area contributed by atoms with Crippen molar-refractivity contribution in [2.75, 3.05) is 10.6 Å². The van der Waals surface area contributed by atoms with Gasteiger partial charge in [-0.2, -0.15) is 0 Å². The molecule has 0 atom stereocenters. The molecule has 0 unspecified atom stereocenters. The van der Waals surface area contributed by atoms with E-state index < -0.39 is 11.8 Å². The van der Waals surface area contributed by atoms with Crippen LogP contribution in [0.25, 0.3) is 0 Å². The van der Waals surface area contributed by atoms with Crippen LogP contribution in [0.15, 0.2) is 42.6 Å². The van der Waals surface area contributed by atoms with Crippen LogP contribution >= 0.6 is 0 Å². The molecule has 9 heteroatoms. The maximum absolute atomic E-state index is 14.5. The van der Waals surface area contributed by atoms with Crippen LogP contribution in [0.3, 0.4) is 0 Å². The van der Waals surface area contributed by atoms with Gasteiger partial charge in [-0.1, -0.05) is 12.1 Å². The lowest BCUT2D eigenvalue weighted by Crippen LogP contribution is -2.43. The molecule has 2 heterocycles. The smallest absolute Gasteiger partial charge is 0.306 e. The zero-order chi connectivity index (χ0) is 24.7. The summed E-state index contributed by atoms with van der Waals surface area (Å²) in [5.74, 6) is -1.41. The average Bonchev–Trinajstić information content (AvgIpc) is 2.92. The van der Waals surface area contributed by atoms with Crippen molar-refractivity contribution in [1.82, 2.24) is 10.3 Å². The van der Waals surface area contributed by atoms with E-state index in [0.29, 0.717) is 42.0 Å². The van der Waals surface area contributed by atoms with Gasteiger partial charge < -0.3 is 26.2 Å². The van der Waals surface area contributed by atoms with Crippen molar-refractivity contribution in [1.29, 1.82) is 0 Å². The van der Waals surface area contributed by atoms with Crippen LogP contribution in [-0.4, -0.2) is 33.0 Å². The molecule has 2 aliphatic rings. The summed E-state index contributed by atoms with van der Waals surface area (Å²) >= 11 is 0. The van der Waals surface area contributed by atoms with Crippen molar-refractivity contribution < 1.29 is 24.2 Å². The van der Waals surface area contributed by atoms with E-state index in [1.54, 1.807) is 13.0 Å². The Hall–Kier alpha value is -3.98. The second kappa shape index (κ2) is 8.99. The van der Waals surface area contributed by atoms with E-state index in [4.69, 9.17) is 5.11 Å². The number of halogens is 1. The fourth-order valence-corrected chi connectivity index (χ4v) is 4.51. The number of carbonyl (C=O) groups excluding carboxylic acids is 1. The van der Waals surface area contributed by atoms with E-state index in [-0.39, 0.29) is 35.6 Å². The minimum atomic E-state index is -0.748. The number of rotatable bonds is 6. The first-order valence-electron chi connectivity index (χ1n) is 11.4. The Kier molecular flexibility index (Phi) is 5.86. The number of Topliss-reactive ketones (excluding diaryl/α,β-unsaturated/α-hetero) is 1. The number of aromatic hydroxyl groups is 1. The maximum Gasteiger partial charge on any atom is 0.306 e. The molecule has 0 radical (unpaired) electrons. The van der Waals surface area contributed by atoms with Gasteiger partial charge in [-0.3, -0.25) is 9.59 Å². The van der Waals surface area contributed by atoms with Crippen LogP contribution in [0.4, 0.5) is 27.3 Å². The monoisotopic (exact) mass is 476 g/mol. The maximum atomic E-state index is 14.5. The summed E-state index contributed by atoms with van der Waals surface area (Å²) in [7, 11) is 0. The summed E-state index contributed by atoms with van der Waals surface area (Å²) in [6.45, 7) is 2.18. The number of phenolic OH excluding ortho intramolecular Hbond substituents is 1. The zero-order valence-corrected chi connectivity index (χ0v) is 19.1. The number of phenols is 1. The van der Waals surface area contributed by atoms with Gasteiger partial charge in [0.15, 0.2) is 5.78 Å². The van der Waals surface area contributed by atoms with E-state index in [0.717, 1.165) is 16.8 Å². The van der Waals surface area contributed by atoms with Crippen LogP contribution in [0.2, 0.25) is 0 Å². The highest BCUT2D eigenvalue weighted by Gasteiger charge is 2.34. The number of nitrogens with zero attached hydrogens (tertiary/aromatic N) is 1. The molecule has 1 fully saturated rings. The zero-order valence-electron chi connectivity index (χ0n) is 19.1. The molecule has 1 aliphatic carbocycles. The Bertz CT molecular complexity index is 1340. The molecule has 180 valence electrons. The highest BCUT2D eigenvalue weighted by molar-refractivity contribution is 6.09. The minimum absolute atomic E-state index is 0.0487. The number of aromatic nitrogens is 1. The third-order valence-corrected chi connectivity index (χ3v) is 6.64. The molecule has 5 N–H and O–H groups in total. The highest BCUT2D eigenvalue weighted by atomic mass is 19.1. The number of aryl methyl sites for hydroxylation is 1. The normalized spacial score (nSPS) is 18.5. The van der Waals surface area contributed by atoms with Crippen LogP contribution in [0.1, 0.15) is 39.9 Å². The lowest BCUT2D eigenvalue weighted by atomic mass is 9.80. The topological polar surface area (TPSA) is 124 Å². The van der Waals surface area contributed by atoms with Gasteiger partial charge >= 0.3 is 5.97 Å². The van der Waals surface area contributed by atoms with E-state index >= 15 is 0 Å². The quantitative estimate of drug-likeness (QED) is 0.354. The Labute approximate surface area is 201 Å². The molecule has 1 aliphatic heterocycles. The molecule has 8 nitrogen and oxygen atoms in total. The summed E-state index contributed by atoms with van der Waals surface area (Å²) in [5, 5.41) is 28.5. The van der Waals surface area contributed by atoms with Crippen LogP contribution < -0.4 is 16.0 Å².